The number of carbonyl (C=O) groups is 1. The molecule has 27 heavy (non-hydrogen) atoms. The van der Waals surface area contributed by atoms with E-state index in [0.717, 1.165) is 17.1 Å². The van der Waals surface area contributed by atoms with E-state index >= 15 is 0 Å². The number of piperazine rings is 1. The van der Waals surface area contributed by atoms with Crippen molar-refractivity contribution in [2.45, 2.75) is 0 Å². The SMILES string of the molecule is O=C(Oc1ccccc1)N1CCN(c2cc(-c3ccccc3)ncn2)CC1. The van der Waals surface area contributed by atoms with Crippen molar-refractivity contribution < 1.29 is 9.53 Å². The summed E-state index contributed by atoms with van der Waals surface area (Å²) in [7, 11) is 0. The molecule has 0 N–H and O–H groups in total. The summed E-state index contributed by atoms with van der Waals surface area (Å²) in [5.41, 5.74) is 1.96. The highest BCUT2D eigenvalue weighted by molar-refractivity contribution is 5.71. The Morgan fingerprint density at radius 1 is 0.852 bits per heavy atom. The van der Waals surface area contributed by atoms with E-state index in [2.05, 4.69) is 14.9 Å². The summed E-state index contributed by atoms with van der Waals surface area (Å²) in [6, 6.07) is 21.2. The number of hydrogen-bond acceptors (Lipinski definition) is 5. The van der Waals surface area contributed by atoms with E-state index in [1.165, 1.54) is 0 Å². The minimum absolute atomic E-state index is 0.312. The van der Waals surface area contributed by atoms with E-state index in [1.807, 2.05) is 54.6 Å². The van der Waals surface area contributed by atoms with Crippen LogP contribution in [0.2, 0.25) is 0 Å². The zero-order chi connectivity index (χ0) is 18.5. The van der Waals surface area contributed by atoms with Gasteiger partial charge in [-0.1, -0.05) is 48.5 Å². The van der Waals surface area contributed by atoms with Gasteiger partial charge in [0.15, 0.2) is 0 Å². The van der Waals surface area contributed by atoms with Crippen molar-refractivity contribution in [1.29, 1.82) is 0 Å². The molecule has 0 aliphatic carbocycles. The Bertz CT molecular complexity index is 894. The monoisotopic (exact) mass is 360 g/mol. The molecule has 0 radical (unpaired) electrons. The van der Waals surface area contributed by atoms with E-state index < -0.39 is 0 Å². The van der Waals surface area contributed by atoms with E-state index in [-0.39, 0.29) is 6.09 Å². The molecule has 0 saturated carbocycles. The lowest BCUT2D eigenvalue weighted by Gasteiger charge is -2.34. The van der Waals surface area contributed by atoms with Crippen molar-refractivity contribution in [3.05, 3.63) is 73.1 Å². The Morgan fingerprint density at radius 2 is 1.52 bits per heavy atom. The van der Waals surface area contributed by atoms with Crippen LogP contribution in [0.5, 0.6) is 5.75 Å². The molecule has 2 aromatic carbocycles. The van der Waals surface area contributed by atoms with Crippen LogP contribution in [0.3, 0.4) is 0 Å². The number of para-hydroxylation sites is 1. The second-order valence-electron chi connectivity index (χ2n) is 6.28. The summed E-state index contributed by atoms with van der Waals surface area (Å²) in [5.74, 6) is 1.44. The molecule has 1 aliphatic heterocycles. The van der Waals surface area contributed by atoms with Gasteiger partial charge in [-0.25, -0.2) is 14.8 Å². The van der Waals surface area contributed by atoms with Gasteiger partial charge in [-0.15, -0.1) is 0 Å². The Kier molecular flexibility index (Phi) is 4.96. The Labute approximate surface area is 158 Å². The molecule has 0 bridgehead atoms. The van der Waals surface area contributed by atoms with Gasteiger partial charge >= 0.3 is 6.09 Å². The molecule has 6 nitrogen and oxygen atoms in total. The van der Waals surface area contributed by atoms with Crippen LogP contribution in [-0.2, 0) is 0 Å². The summed E-state index contributed by atoms with van der Waals surface area (Å²) < 4.78 is 5.41. The molecule has 4 rings (SSSR count). The highest BCUT2D eigenvalue weighted by atomic mass is 16.6. The lowest BCUT2D eigenvalue weighted by atomic mass is 10.1. The minimum atomic E-state index is -0.312. The molecule has 2 heterocycles. The van der Waals surface area contributed by atoms with Gasteiger partial charge in [0.1, 0.15) is 17.9 Å². The van der Waals surface area contributed by atoms with Crippen LogP contribution >= 0.6 is 0 Å². The highest BCUT2D eigenvalue weighted by Crippen LogP contribution is 2.21. The number of anilines is 1. The predicted octanol–water partition coefficient (Wildman–Crippen LogP) is 3.46. The molecule has 1 aliphatic rings. The van der Waals surface area contributed by atoms with Crippen LogP contribution in [0.15, 0.2) is 73.1 Å². The van der Waals surface area contributed by atoms with E-state index in [0.29, 0.717) is 31.9 Å². The number of hydrogen-bond donors (Lipinski definition) is 0. The zero-order valence-electron chi connectivity index (χ0n) is 14.9. The number of ether oxygens (including phenoxy) is 1. The van der Waals surface area contributed by atoms with Gasteiger partial charge in [0.2, 0.25) is 0 Å². The largest absolute Gasteiger partial charge is 0.415 e. The Hall–Kier alpha value is -3.41. The van der Waals surface area contributed by atoms with Gasteiger partial charge < -0.3 is 14.5 Å². The topological polar surface area (TPSA) is 58.6 Å². The van der Waals surface area contributed by atoms with Gasteiger partial charge in [-0.3, -0.25) is 0 Å². The summed E-state index contributed by atoms with van der Waals surface area (Å²) in [6.07, 6.45) is 1.28. The fourth-order valence-electron chi connectivity index (χ4n) is 3.06. The lowest BCUT2D eigenvalue weighted by Crippen LogP contribution is -2.49. The van der Waals surface area contributed by atoms with E-state index in [1.54, 1.807) is 23.4 Å². The first-order valence-corrected chi connectivity index (χ1v) is 8.94. The van der Waals surface area contributed by atoms with Crippen LogP contribution in [0.4, 0.5) is 10.6 Å². The maximum atomic E-state index is 12.3. The number of aromatic nitrogens is 2. The second kappa shape index (κ2) is 7.86. The third-order valence-electron chi connectivity index (χ3n) is 4.53. The summed E-state index contributed by atoms with van der Waals surface area (Å²) >= 11 is 0. The van der Waals surface area contributed by atoms with Crippen LogP contribution < -0.4 is 9.64 Å². The fraction of sp³-hybridized carbons (Fsp3) is 0.190. The van der Waals surface area contributed by atoms with Crippen molar-refractivity contribution in [1.82, 2.24) is 14.9 Å². The first-order valence-electron chi connectivity index (χ1n) is 8.94. The van der Waals surface area contributed by atoms with Gasteiger partial charge in [0, 0.05) is 37.8 Å². The number of rotatable bonds is 3. The molecule has 0 spiro atoms. The number of amides is 1. The molecule has 0 unspecified atom stereocenters. The highest BCUT2D eigenvalue weighted by Gasteiger charge is 2.23. The third-order valence-corrected chi connectivity index (χ3v) is 4.53. The average molecular weight is 360 g/mol. The number of carbonyl (C=O) groups excluding carboxylic acids is 1. The molecule has 3 aromatic rings. The molecule has 1 aromatic heterocycles. The lowest BCUT2D eigenvalue weighted by molar-refractivity contribution is 0.149. The van der Waals surface area contributed by atoms with Crippen molar-refractivity contribution in [3.63, 3.8) is 0 Å². The summed E-state index contributed by atoms with van der Waals surface area (Å²) in [5, 5.41) is 0. The summed E-state index contributed by atoms with van der Waals surface area (Å²) in [6.45, 7) is 2.59. The molecule has 1 amide bonds. The van der Waals surface area contributed by atoms with Crippen LogP contribution in [0, 0.1) is 0 Å². The van der Waals surface area contributed by atoms with Crippen molar-refractivity contribution in [2.24, 2.45) is 0 Å². The molecule has 136 valence electrons. The van der Waals surface area contributed by atoms with Crippen molar-refractivity contribution >= 4 is 11.9 Å². The maximum absolute atomic E-state index is 12.3. The Balaban J connectivity index is 1.39. The van der Waals surface area contributed by atoms with E-state index in [9.17, 15) is 4.79 Å². The van der Waals surface area contributed by atoms with Gasteiger partial charge in [0.25, 0.3) is 0 Å². The molecular formula is C21H20N4O2. The Morgan fingerprint density at radius 3 is 2.22 bits per heavy atom. The molecule has 1 saturated heterocycles. The van der Waals surface area contributed by atoms with Crippen LogP contribution in [-0.4, -0.2) is 47.1 Å². The standard InChI is InChI=1S/C21H20N4O2/c26-21(27-18-9-5-2-6-10-18)25-13-11-24(12-14-25)20-15-19(22-16-23-20)17-7-3-1-4-8-17/h1-10,15-16H,11-14H2. The average Bonchev–Trinajstić information content (AvgIpc) is 2.75. The molecule has 1 fully saturated rings. The normalized spacial score (nSPS) is 14.1. The van der Waals surface area contributed by atoms with Gasteiger partial charge in [-0.05, 0) is 12.1 Å². The first kappa shape index (κ1) is 17.0. The van der Waals surface area contributed by atoms with Crippen LogP contribution in [0.1, 0.15) is 0 Å². The van der Waals surface area contributed by atoms with Crippen LogP contribution in [0.25, 0.3) is 11.3 Å². The predicted molar refractivity (Wildman–Crippen MR) is 104 cm³/mol. The molecule has 6 heteroatoms. The smallest absolute Gasteiger partial charge is 0.410 e. The maximum Gasteiger partial charge on any atom is 0.415 e. The zero-order valence-corrected chi connectivity index (χ0v) is 14.9. The fourth-order valence-corrected chi connectivity index (χ4v) is 3.06. The second-order valence-corrected chi connectivity index (χ2v) is 6.28. The third kappa shape index (κ3) is 4.06. The van der Waals surface area contributed by atoms with Crippen molar-refractivity contribution in [3.8, 4) is 17.0 Å². The van der Waals surface area contributed by atoms with Crippen molar-refractivity contribution in [2.75, 3.05) is 31.1 Å². The van der Waals surface area contributed by atoms with Gasteiger partial charge in [-0.2, -0.15) is 0 Å². The van der Waals surface area contributed by atoms with E-state index in [4.69, 9.17) is 4.74 Å². The first-order chi connectivity index (χ1) is 13.3. The van der Waals surface area contributed by atoms with Gasteiger partial charge in [0.05, 0.1) is 5.69 Å². The minimum Gasteiger partial charge on any atom is -0.410 e. The summed E-state index contributed by atoms with van der Waals surface area (Å²) in [4.78, 5) is 25.0. The quantitative estimate of drug-likeness (QED) is 0.716. The molecule has 0 atom stereocenters. The number of nitrogens with zero attached hydrogens (tertiary/aromatic N) is 4. The molecular weight excluding hydrogens is 340 g/mol. The number of benzene rings is 2.